The van der Waals surface area contributed by atoms with Gasteiger partial charge in [0.15, 0.2) is 0 Å². The van der Waals surface area contributed by atoms with E-state index in [1.165, 1.54) is 24.8 Å². The fraction of sp³-hybridized carbons (Fsp3) is 0.600. The second-order valence-electron chi connectivity index (χ2n) is 5.31. The topological polar surface area (TPSA) is 18.5 Å². The van der Waals surface area contributed by atoms with Gasteiger partial charge in [-0.25, -0.2) is 0 Å². The van der Waals surface area contributed by atoms with E-state index >= 15 is 0 Å². The Morgan fingerprint density at radius 1 is 1.12 bits per heavy atom. The van der Waals surface area contributed by atoms with Crippen molar-refractivity contribution in [1.29, 1.82) is 0 Å². The normalized spacial score (nSPS) is 27.0. The molecule has 92 valence electrons. The van der Waals surface area contributed by atoms with Crippen LogP contribution in [0.15, 0.2) is 24.3 Å². The first-order valence-corrected chi connectivity index (χ1v) is 6.72. The third-order valence-electron chi connectivity index (χ3n) is 3.81. The van der Waals surface area contributed by atoms with E-state index in [0.29, 0.717) is 0 Å². The maximum Gasteiger partial charge on any atom is 0.210 e. The van der Waals surface area contributed by atoms with E-state index in [1.54, 1.807) is 0 Å². The van der Waals surface area contributed by atoms with Gasteiger partial charge in [-0.15, -0.1) is 0 Å². The van der Waals surface area contributed by atoms with Gasteiger partial charge in [-0.2, -0.15) is 0 Å². The van der Waals surface area contributed by atoms with Gasteiger partial charge in [0.25, 0.3) is 0 Å². The van der Waals surface area contributed by atoms with Crippen LogP contribution in [0.1, 0.15) is 44.6 Å². The Morgan fingerprint density at radius 2 is 1.88 bits per heavy atom. The van der Waals surface area contributed by atoms with E-state index in [2.05, 4.69) is 25.1 Å². The van der Waals surface area contributed by atoms with Gasteiger partial charge in [-0.3, -0.25) is 0 Å². The van der Waals surface area contributed by atoms with Crippen LogP contribution in [0.25, 0.3) is 0 Å². The molecule has 1 unspecified atom stereocenters. The van der Waals surface area contributed by atoms with Crippen LogP contribution in [0.2, 0.25) is 0 Å². The number of hydrogen-bond donors (Lipinski definition) is 0. The Kier molecular flexibility index (Phi) is 2.83. The molecule has 1 aliphatic heterocycles. The lowest BCUT2D eigenvalue weighted by Crippen LogP contribution is -2.42. The Bertz CT molecular complexity index is 394. The highest BCUT2D eigenvalue weighted by molar-refractivity contribution is 5.35. The van der Waals surface area contributed by atoms with Crippen LogP contribution in [0.5, 0.6) is 5.75 Å². The highest BCUT2D eigenvalue weighted by atomic mass is 16.7. The lowest BCUT2D eigenvalue weighted by atomic mass is 9.94. The zero-order valence-electron chi connectivity index (χ0n) is 10.4. The Labute approximate surface area is 103 Å². The van der Waals surface area contributed by atoms with Gasteiger partial charge >= 0.3 is 0 Å². The summed E-state index contributed by atoms with van der Waals surface area (Å²) in [6.07, 6.45) is 7.01. The molecule has 1 aliphatic carbocycles. The summed E-state index contributed by atoms with van der Waals surface area (Å²) in [5.74, 6) is 0.684. The zero-order valence-corrected chi connectivity index (χ0v) is 10.4. The number of ether oxygens (including phenoxy) is 2. The molecule has 1 atom stereocenters. The fourth-order valence-electron chi connectivity index (χ4n) is 3.02. The summed E-state index contributed by atoms with van der Waals surface area (Å²) in [6, 6.07) is 8.35. The Hall–Kier alpha value is -1.02. The summed E-state index contributed by atoms with van der Waals surface area (Å²) in [6.45, 7) is 2.15. The first-order valence-electron chi connectivity index (χ1n) is 6.72. The van der Waals surface area contributed by atoms with E-state index in [0.717, 1.165) is 25.0 Å². The molecule has 0 saturated heterocycles. The maximum absolute atomic E-state index is 6.23. The SMILES string of the molecule is CC1Cc2ccccc2OC2(CCCCC2)O1. The molecule has 0 bridgehead atoms. The van der Waals surface area contributed by atoms with Crippen LogP contribution in [0.3, 0.4) is 0 Å². The van der Waals surface area contributed by atoms with Crippen molar-refractivity contribution in [1.82, 2.24) is 0 Å². The van der Waals surface area contributed by atoms with E-state index in [9.17, 15) is 0 Å². The molecule has 0 aromatic heterocycles. The minimum Gasteiger partial charge on any atom is -0.462 e. The summed E-state index contributed by atoms with van der Waals surface area (Å²) in [4.78, 5) is 0. The predicted octanol–water partition coefficient (Wildman–Crippen LogP) is 3.69. The van der Waals surface area contributed by atoms with Gasteiger partial charge in [-0.05, 0) is 31.4 Å². The second kappa shape index (κ2) is 4.34. The molecule has 0 radical (unpaired) electrons. The van der Waals surface area contributed by atoms with Crippen molar-refractivity contribution in [3.05, 3.63) is 29.8 Å². The summed E-state index contributed by atoms with van der Waals surface area (Å²) in [5, 5.41) is 0. The average molecular weight is 232 g/mol. The van der Waals surface area contributed by atoms with E-state index in [1.807, 2.05) is 6.07 Å². The first kappa shape index (κ1) is 11.1. The molecule has 1 aromatic rings. The van der Waals surface area contributed by atoms with Crippen molar-refractivity contribution in [2.24, 2.45) is 0 Å². The maximum atomic E-state index is 6.23. The number of para-hydroxylation sites is 1. The van der Waals surface area contributed by atoms with Crippen LogP contribution in [0.4, 0.5) is 0 Å². The summed E-state index contributed by atoms with van der Waals surface area (Å²) in [5.41, 5.74) is 1.28. The smallest absolute Gasteiger partial charge is 0.210 e. The molecule has 1 heterocycles. The Balaban J connectivity index is 1.93. The van der Waals surface area contributed by atoms with Gasteiger partial charge in [0.1, 0.15) is 5.75 Å². The number of hydrogen-bond acceptors (Lipinski definition) is 2. The van der Waals surface area contributed by atoms with Crippen molar-refractivity contribution in [3.63, 3.8) is 0 Å². The molecule has 2 aliphatic rings. The third kappa shape index (κ3) is 2.19. The molecular formula is C15H20O2. The van der Waals surface area contributed by atoms with Crippen LogP contribution in [-0.2, 0) is 11.2 Å². The van der Waals surface area contributed by atoms with Gasteiger partial charge in [0.05, 0.1) is 6.10 Å². The molecule has 0 amide bonds. The van der Waals surface area contributed by atoms with Crippen LogP contribution in [0, 0.1) is 0 Å². The van der Waals surface area contributed by atoms with Crippen molar-refractivity contribution < 1.29 is 9.47 Å². The van der Waals surface area contributed by atoms with Crippen LogP contribution >= 0.6 is 0 Å². The highest BCUT2D eigenvalue weighted by Crippen LogP contribution is 2.39. The molecule has 1 fully saturated rings. The minimum absolute atomic E-state index is 0.247. The van der Waals surface area contributed by atoms with Crippen molar-refractivity contribution in [2.75, 3.05) is 0 Å². The lowest BCUT2D eigenvalue weighted by molar-refractivity contribution is -0.217. The monoisotopic (exact) mass is 232 g/mol. The molecule has 1 saturated carbocycles. The second-order valence-corrected chi connectivity index (χ2v) is 5.31. The average Bonchev–Trinajstić information content (AvgIpc) is 2.45. The quantitative estimate of drug-likeness (QED) is 0.679. The van der Waals surface area contributed by atoms with Gasteiger partial charge in [-0.1, -0.05) is 24.6 Å². The standard InChI is InChI=1S/C15H20O2/c1-12-11-13-7-3-4-8-14(13)17-15(16-12)9-5-2-6-10-15/h3-4,7-8,12H,2,5-6,9-11H2,1H3. The van der Waals surface area contributed by atoms with Crippen LogP contribution < -0.4 is 4.74 Å². The largest absolute Gasteiger partial charge is 0.462 e. The highest BCUT2D eigenvalue weighted by Gasteiger charge is 2.39. The third-order valence-corrected chi connectivity index (χ3v) is 3.81. The summed E-state index contributed by atoms with van der Waals surface area (Å²) >= 11 is 0. The van der Waals surface area contributed by atoms with E-state index in [-0.39, 0.29) is 11.9 Å². The van der Waals surface area contributed by atoms with E-state index < -0.39 is 0 Å². The number of rotatable bonds is 0. The predicted molar refractivity (Wildman–Crippen MR) is 67.1 cm³/mol. The lowest BCUT2D eigenvalue weighted by Gasteiger charge is -2.37. The first-order chi connectivity index (χ1) is 8.27. The van der Waals surface area contributed by atoms with Crippen molar-refractivity contribution in [3.8, 4) is 5.75 Å². The van der Waals surface area contributed by atoms with Crippen LogP contribution in [-0.4, -0.2) is 11.9 Å². The molecule has 2 heteroatoms. The molecule has 2 nitrogen and oxygen atoms in total. The Morgan fingerprint density at radius 3 is 2.71 bits per heavy atom. The van der Waals surface area contributed by atoms with Gasteiger partial charge in [0, 0.05) is 19.3 Å². The van der Waals surface area contributed by atoms with Gasteiger partial charge in [0.2, 0.25) is 5.79 Å². The molecule has 0 N–H and O–H groups in total. The number of fused-ring (bicyclic) bond motifs is 1. The molecule has 1 spiro atoms. The molecule has 17 heavy (non-hydrogen) atoms. The summed E-state index contributed by atoms with van der Waals surface area (Å²) in [7, 11) is 0. The van der Waals surface area contributed by atoms with E-state index in [4.69, 9.17) is 9.47 Å². The number of benzene rings is 1. The zero-order chi connectivity index (χ0) is 11.7. The van der Waals surface area contributed by atoms with Crippen molar-refractivity contribution >= 4 is 0 Å². The minimum atomic E-state index is -0.343. The van der Waals surface area contributed by atoms with Crippen molar-refractivity contribution in [2.45, 2.75) is 57.3 Å². The summed E-state index contributed by atoms with van der Waals surface area (Å²) < 4.78 is 12.4. The molecular weight excluding hydrogens is 212 g/mol. The molecule has 3 rings (SSSR count). The fourth-order valence-corrected chi connectivity index (χ4v) is 3.02. The molecule has 1 aromatic carbocycles. The van der Waals surface area contributed by atoms with Gasteiger partial charge < -0.3 is 9.47 Å².